The molecule has 0 aliphatic carbocycles. The number of rotatable bonds is 3. The first-order valence-corrected chi connectivity index (χ1v) is 7.77. The first kappa shape index (κ1) is 11.0. The maximum Gasteiger partial charge on any atom is 0.327 e. The molecule has 0 radical (unpaired) electrons. The van der Waals surface area contributed by atoms with Crippen LogP contribution in [0, 0.1) is 5.41 Å². The van der Waals surface area contributed by atoms with Gasteiger partial charge in [-0.1, -0.05) is 20.3 Å². The first-order chi connectivity index (χ1) is 6.64. The summed E-state index contributed by atoms with van der Waals surface area (Å²) in [6.45, 7) is 3.46. The van der Waals surface area contributed by atoms with Crippen molar-refractivity contribution in [1.82, 2.24) is 0 Å². The normalized spacial score (nSPS) is 46.9. The van der Waals surface area contributed by atoms with E-state index >= 15 is 0 Å². The van der Waals surface area contributed by atoms with E-state index in [-0.39, 0.29) is 11.5 Å². The molecule has 0 N–H and O–H groups in total. The maximum absolute atomic E-state index is 5.76. The van der Waals surface area contributed by atoms with Crippen LogP contribution in [-0.2, 0) is 25.4 Å². The monoisotopic (exact) mass is 236 g/mol. The van der Waals surface area contributed by atoms with Gasteiger partial charge in [-0.3, -0.25) is 0 Å². The quantitative estimate of drug-likeness (QED) is 0.704. The summed E-state index contributed by atoms with van der Waals surface area (Å²) < 4.78 is 16.8. The molecule has 3 saturated heterocycles. The molecule has 14 heavy (non-hydrogen) atoms. The molecule has 1 unspecified atom stereocenters. The van der Waals surface area contributed by atoms with E-state index in [9.17, 15) is 0 Å². The van der Waals surface area contributed by atoms with Crippen LogP contribution < -0.4 is 0 Å². The van der Waals surface area contributed by atoms with Gasteiger partial charge in [-0.2, -0.15) is 0 Å². The van der Waals surface area contributed by atoms with Gasteiger partial charge in [0, 0.05) is 5.41 Å². The van der Waals surface area contributed by atoms with Gasteiger partial charge in [0.15, 0.2) is 0 Å². The Morgan fingerprint density at radius 2 is 2.00 bits per heavy atom. The molecule has 0 aromatic carbocycles. The zero-order valence-electron chi connectivity index (χ0n) is 8.69. The van der Waals surface area contributed by atoms with Crippen molar-refractivity contribution >= 4 is 18.5 Å². The second kappa shape index (κ2) is 3.84. The van der Waals surface area contributed by atoms with Crippen molar-refractivity contribution in [3.05, 3.63) is 0 Å². The molecule has 3 aliphatic rings. The zero-order valence-corrected chi connectivity index (χ0v) is 10.4. The van der Waals surface area contributed by atoms with Gasteiger partial charge in [0.2, 0.25) is 0 Å². The Bertz CT molecular complexity index is 257. The lowest BCUT2D eigenvalue weighted by Crippen LogP contribution is -2.51. The van der Waals surface area contributed by atoms with Gasteiger partial charge in [0.05, 0.1) is 19.3 Å². The van der Waals surface area contributed by atoms with Gasteiger partial charge >= 0.3 is 6.72 Å². The predicted molar refractivity (Wildman–Crippen MR) is 58.7 cm³/mol. The lowest BCUT2D eigenvalue weighted by molar-refractivity contribution is -0.128. The van der Waals surface area contributed by atoms with Crippen LogP contribution in [0.25, 0.3) is 0 Å². The molecule has 0 saturated carbocycles. The van der Waals surface area contributed by atoms with Crippen molar-refractivity contribution in [3.63, 3.8) is 0 Å². The first-order valence-electron chi connectivity index (χ1n) is 5.22. The van der Waals surface area contributed by atoms with Crippen LogP contribution in [0.2, 0.25) is 0 Å². The van der Waals surface area contributed by atoms with Gasteiger partial charge < -0.3 is 13.6 Å². The summed E-state index contributed by atoms with van der Waals surface area (Å²) in [4.78, 5) is 0. The Kier molecular flexibility index (Phi) is 3.02. The Labute approximate surface area is 90.4 Å². The molecule has 3 heterocycles. The van der Waals surface area contributed by atoms with Crippen molar-refractivity contribution < 1.29 is 13.6 Å². The standard InChI is InChI=1S/C9H17O3PS/c1-3-5-9-6-10-13(14,11-7-9)12-8(9)4-2/h8H,3-7H2,1-2H3. The highest BCUT2D eigenvalue weighted by Gasteiger charge is 2.52. The second-order valence-corrected chi connectivity index (χ2v) is 7.07. The molecule has 5 heteroatoms. The van der Waals surface area contributed by atoms with E-state index in [1.807, 2.05) is 0 Å². The molecule has 0 spiro atoms. The Morgan fingerprint density at radius 3 is 2.50 bits per heavy atom. The van der Waals surface area contributed by atoms with Crippen LogP contribution in [0.4, 0.5) is 0 Å². The third-order valence-corrected chi connectivity index (χ3v) is 5.37. The van der Waals surface area contributed by atoms with Crippen molar-refractivity contribution in [2.24, 2.45) is 5.41 Å². The highest BCUT2D eigenvalue weighted by Crippen LogP contribution is 2.64. The van der Waals surface area contributed by atoms with Gasteiger partial charge in [0.1, 0.15) is 0 Å². The zero-order chi connectivity index (χ0) is 10.2. The van der Waals surface area contributed by atoms with Crippen LogP contribution in [0.1, 0.15) is 33.1 Å². The molecule has 0 aromatic heterocycles. The van der Waals surface area contributed by atoms with Crippen molar-refractivity contribution in [3.8, 4) is 0 Å². The van der Waals surface area contributed by atoms with Crippen LogP contribution in [-0.4, -0.2) is 19.3 Å². The second-order valence-electron chi connectivity index (χ2n) is 4.11. The highest BCUT2D eigenvalue weighted by molar-refractivity contribution is 8.07. The van der Waals surface area contributed by atoms with E-state index in [2.05, 4.69) is 13.8 Å². The minimum Gasteiger partial charge on any atom is -0.308 e. The fourth-order valence-corrected chi connectivity index (χ4v) is 4.66. The summed E-state index contributed by atoms with van der Waals surface area (Å²) in [5.41, 5.74) is 0.0735. The van der Waals surface area contributed by atoms with Gasteiger partial charge in [-0.25, -0.2) is 0 Å². The Hall–Kier alpha value is 0.530. The van der Waals surface area contributed by atoms with Gasteiger partial charge in [0.25, 0.3) is 0 Å². The smallest absolute Gasteiger partial charge is 0.308 e. The van der Waals surface area contributed by atoms with E-state index in [0.29, 0.717) is 0 Å². The summed E-state index contributed by atoms with van der Waals surface area (Å²) in [6, 6.07) is 0. The third kappa shape index (κ3) is 1.68. The number of hydrogen-bond donors (Lipinski definition) is 0. The van der Waals surface area contributed by atoms with Crippen molar-refractivity contribution in [2.45, 2.75) is 39.2 Å². The minimum atomic E-state index is -2.33. The number of hydrogen-bond acceptors (Lipinski definition) is 4. The van der Waals surface area contributed by atoms with E-state index in [0.717, 1.165) is 32.5 Å². The average molecular weight is 236 g/mol. The molecule has 0 amide bonds. The molecule has 2 bridgehead atoms. The largest absolute Gasteiger partial charge is 0.327 e. The maximum atomic E-state index is 5.76. The Balaban J connectivity index is 2.20. The molecule has 3 fully saturated rings. The fourth-order valence-electron chi connectivity index (χ4n) is 2.32. The molecule has 3 nitrogen and oxygen atoms in total. The molecule has 3 rings (SSSR count). The van der Waals surface area contributed by atoms with E-state index < -0.39 is 6.72 Å². The van der Waals surface area contributed by atoms with Crippen LogP contribution in [0.3, 0.4) is 0 Å². The molecule has 82 valence electrons. The van der Waals surface area contributed by atoms with Gasteiger partial charge in [-0.15, -0.1) is 0 Å². The predicted octanol–water partition coefficient (Wildman–Crippen LogP) is 2.85. The third-order valence-electron chi connectivity index (χ3n) is 3.08. The SMILES string of the molecule is CCCC12COP(=S)(OC1)OC2CC. The van der Waals surface area contributed by atoms with E-state index in [1.54, 1.807) is 0 Å². The molecule has 1 atom stereocenters. The molecule has 3 aliphatic heterocycles. The van der Waals surface area contributed by atoms with Crippen LogP contribution in [0.15, 0.2) is 0 Å². The summed E-state index contributed by atoms with van der Waals surface area (Å²) in [6.07, 6.45) is 3.48. The van der Waals surface area contributed by atoms with Crippen LogP contribution in [0.5, 0.6) is 0 Å². The van der Waals surface area contributed by atoms with Crippen molar-refractivity contribution in [2.75, 3.05) is 13.2 Å². The lowest BCUT2D eigenvalue weighted by Gasteiger charge is -2.51. The molecule has 0 aromatic rings. The summed E-state index contributed by atoms with van der Waals surface area (Å²) in [5, 5.41) is 0. The van der Waals surface area contributed by atoms with Crippen molar-refractivity contribution in [1.29, 1.82) is 0 Å². The van der Waals surface area contributed by atoms with E-state index in [4.69, 9.17) is 25.4 Å². The minimum absolute atomic E-state index is 0.0735. The number of fused-ring (bicyclic) bond motifs is 3. The summed E-state index contributed by atoms with van der Waals surface area (Å²) in [7, 11) is 0. The fraction of sp³-hybridized carbons (Fsp3) is 1.00. The Morgan fingerprint density at radius 1 is 1.36 bits per heavy atom. The highest BCUT2D eigenvalue weighted by atomic mass is 32.5. The lowest BCUT2D eigenvalue weighted by atomic mass is 9.78. The molecular weight excluding hydrogens is 219 g/mol. The average Bonchev–Trinajstić information content (AvgIpc) is 2.20. The topological polar surface area (TPSA) is 27.7 Å². The van der Waals surface area contributed by atoms with E-state index in [1.165, 1.54) is 0 Å². The van der Waals surface area contributed by atoms with Crippen LogP contribution >= 0.6 is 6.72 Å². The summed E-state index contributed by atoms with van der Waals surface area (Å²) >= 11 is 5.21. The van der Waals surface area contributed by atoms with Gasteiger partial charge in [-0.05, 0) is 24.6 Å². The molecular formula is C9H17O3PS. The summed E-state index contributed by atoms with van der Waals surface area (Å²) in [5.74, 6) is 0.